The predicted molar refractivity (Wildman–Crippen MR) is 87.8 cm³/mol. The van der Waals surface area contributed by atoms with Crippen molar-refractivity contribution in [2.24, 2.45) is 0 Å². The van der Waals surface area contributed by atoms with Crippen LogP contribution in [0.15, 0.2) is 41.8 Å². The normalized spacial score (nSPS) is 12.2. The van der Waals surface area contributed by atoms with Crippen LogP contribution in [0.25, 0.3) is 0 Å². The van der Waals surface area contributed by atoms with E-state index in [0.29, 0.717) is 12.6 Å². The molecule has 0 radical (unpaired) electrons. The number of aliphatic hydroxyl groups is 1. The Morgan fingerprint density at radius 2 is 2.00 bits per heavy atom. The number of nitrogens with one attached hydrogen (secondary N) is 1. The van der Waals surface area contributed by atoms with Crippen LogP contribution in [-0.4, -0.2) is 25.3 Å². The fourth-order valence-corrected chi connectivity index (χ4v) is 3.02. The first-order chi connectivity index (χ1) is 9.74. The lowest BCUT2D eigenvalue weighted by atomic mass is 10.1. The van der Waals surface area contributed by atoms with Crippen molar-refractivity contribution in [3.8, 4) is 0 Å². The third kappa shape index (κ3) is 3.74. The Hall–Kier alpha value is -1.52. The first kappa shape index (κ1) is 14.9. The molecular formula is C16H22N2OS. The SMILES string of the molecule is CCC(Nc1ccc(N(C)CCO)cc1)c1cccs1. The molecule has 1 aromatic carbocycles. The van der Waals surface area contributed by atoms with Crippen molar-refractivity contribution in [1.82, 2.24) is 0 Å². The number of thiophene rings is 1. The summed E-state index contributed by atoms with van der Waals surface area (Å²) in [5.74, 6) is 0. The summed E-state index contributed by atoms with van der Waals surface area (Å²) in [5.41, 5.74) is 2.25. The molecule has 0 bridgehead atoms. The summed E-state index contributed by atoms with van der Waals surface area (Å²) >= 11 is 1.79. The second kappa shape index (κ2) is 7.31. The molecule has 0 saturated carbocycles. The average molecular weight is 290 g/mol. The largest absolute Gasteiger partial charge is 0.395 e. The highest BCUT2D eigenvalue weighted by Gasteiger charge is 2.10. The monoisotopic (exact) mass is 290 g/mol. The summed E-state index contributed by atoms with van der Waals surface area (Å²) < 4.78 is 0. The van der Waals surface area contributed by atoms with Crippen molar-refractivity contribution in [3.05, 3.63) is 46.7 Å². The number of anilines is 2. The maximum Gasteiger partial charge on any atom is 0.0606 e. The lowest BCUT2D eigenvalue weighted by molar-refractivity contribution is 0.304. The van der Waals surface area contributed by atoms with E-state index in [2.05, 4.69) is 54.0 Å². The molecule has 0 saturated heterocycles. The van der Waals surface area contributed by atoms with Gasteiger partial charge in [-0.05, 0) is 42.1 Å². The Morgan fingerprint density at radius 3 is 2.55 bits per heavy atom. The van der Waals surface area contributed by atoms with Crippen molar-refractivity contribution < 1.29 is 5.11 Å². The van der Waals surface area contributed by atoms with Crippen molar-refractivity contribution >= 4 is 22.7 Å². The Kier molecular flexibility index (Phi) is 5.44. The fourth-order valence-electron chi connectivity index (χ4n) is 2.16. The Morgan fingerprint density at radius 1 is 1.25 bits per heavy atom. The molecule has 1 aromatic heterocycles. The van der Waals surface area contributed by atoms with Gasteiger partial charge in [-0.2, -0.15) is 0 Å². The smallest absolute Gasteiger partial charge is 0.0606 e. The maximum absolute atomic E-state index is 8.96. The molecule has 4 heteroatoms. The number of aliphatic hydroxyl groups excluding tert-OH is 1. The van der Waals surface area contributed by atoms with E-state index < -0.39 is 0 Å². The van der Waals surface area contributed by atoms with Gasteiger partial charge in [-0.15, -0.1) is 11.3 Å². The average Bonchev–Trinajstić information content (AvgIpc) is 2.99. The number of benzene rings is 1. The summed E-state index contributed by atoms with van der Waals surface area (Å²) in [6, 6.07) is 13.0. The zero-order chi connectivity index (χ0) is 14.4. The minimum absolute atomic E-state index is 0.173. The number of likely N-dealkylation sites (N-methyl/N-ethyl adjacent to an activating group) is 1. The lowest BCUT2D eigenvalue weighted by Gasteiger charge is -2.20. The van der Waals surface area contributed by atoms with Gasteiger partial charge in [-0.3, -0.25) is 0 Å². The summed E-state index contributed by atoms with van der Waals surface area (Å²) in [7, 11) is 1.99. The van der Waals surface area contributed by atoms with E-state index in [-0.39, 0.29) is 6.61 Å². The third-order valence-electron chi connectivity index (χ3n) is 3.38. The fraction of sp³-hybridized carbons (Fsp3) is 0.375. The van der Waals surface area contributed by atoms with Crippen molar-refractivity contribution in [3.63, 3.8) is 0 Å². The molecule has 0 aliphatic heterocycles. The zero-order valence-electron chi connectivity index (χ0n) is 12.0. The minimum Gasteiger partial charge on any atom is -0.395 e. The van der Waals surface area contributed by atoms with Gasteiger partial charge in [0.05, 0.1) is 12.6 Å². The summed E-state index contributed by atoms with van der Waals surface area (Å²) in [4.78, 5) is 3.41. The standard InChI is InChI=1S/C16H22N2OS/c1-3-15(16-5-4-12-20-16)17-13-6-8-14(9-7-13)18(2)10-11-19/h4-9,12,15,17,19H,3,10-11H2,1-2H3. The van der Waals surface area contributed by atoms with Gasteiger partial charge >= 0.3 is 0 Å². The predicted octanol–water partition coefficient (Wildman–Crippen LogP) is 3.74. The first-order valence-corrected chi connectivity index (χ1v) is 7.84. The first-order valence-electron chi connectivity index (χ1n) is 6.96. The molecule has 0 aliphatic carbocycles. The molecule has 20 heavy (non-hydrogen) atoms. The molecule has 0 spiro atoms. The van der Waals surface area contributed by atoms with Gasteiger partial charge in [0.15, 0.2) is 0 Å². The minimum atomic E-state index is 0.173. The van der Waals surface area contributed by atoms with Gasteiger partial charge in [-0.1, -0.05) is 13.0 Å². The number of rotatable bonds is 7. The highest BCUT2D eigenvalue weighted by molar-refractivity contribution is 7.10. The van der Waals surface area contributed by atoms with Gasteiger partial charge in [0.25, 0.3) is 0 Å². The molecule has 0 fully saturated rings. The quantitative estimate of drug-likeness (QED) is 0.815. The van der Waals surface area contributed by atoms with Gasteiger partial charge in [0, 0.05) is 29.8 Å². The molecule has 1 heterocycles. The molecule has 0 aliphatic rings. The molecule has 108 valence electrons. The third-order valence-corrected chi connectivity index (χ3v) is 4.37. The molecule has 1 unspecified atom stereocenters. The second-order valence-electron chi connectivity index (χ2n) is 4.81. The van der Waals surface area contributed by atoms with Crippen LogP contribution in [0.2, 0.25) is 0 Å². The highest BCUT2D eigenvalue weighted by atomic mass is 32.1. The van der Waals surface area contributed by atoms with Crippen molar-refractivity contribution in [2.75, 3.05) is 30.4 Å². The van der Waals surface area contributed by atoms with E-state index >= 15 is 0 Å². The van der Waals surface area contributed by atoms with E-state index in [1.165, 1.54) is 4.88 Å². The van der Waals surface area contributed by atoms with Crippen LogP contribution in [-0.2, 0) is 0 Å². The van der Waals surface area contributed by atoms with Crippen LogP contribution in [0.4, 0.5) is 11.4 Å². The Balaban J connectivity index is 2.03. The van der Waals surface area contributed by atoms with E-state index in [9.17, 15) is 0 Å². The second-order valence-corrected chi connectivity index (χ2v) is 5.79. The highest BCUT2D eigenvalue weighted by Crippen LogP contribution is 2.27. The Labute approximate surface area is 124 Å². The van der Waals surface area contributed by atoms with Gasteiger partial charge in [0.2, 0.25) is 0 Å². The van der Waals surface area contributed by atoms with E-state index in [1.807, 2.05) is 11.9 Å². The number of hydrogen-bond donors (Lipinski definition) is 2. The molecule has 2 N–H and O–H groups in total. The van der Waals surface area contributed by atoms with Crippen LogP contribution in [0, 0.1) is 0 Å². The van der Waals surface area contributed by atoms with E-state index in [4.69, 9.17) is 5.11 Å². The maximum atomic E-state index is 8.96. The molecule has 2 rings (SSSR count). The van der Waals surface area contributed by atoms with Crippen LogP contribution in [0.3, 0.4) is 0 Å². The summed E-state index contributed by atoms with van der Waals surface area (Å²) in [6.45, 7) is 3.02. The summed E-state index contributed by atoms with van der Waals surface area (Å²) in [6.07, 6.45) is 1.06. The lowest BCUT2D eigenvalue weighted by Crippen LogP contribution is -2.20. The molecule has 0 amide bonds. The Bertz CT molecular complexity index is 496. The summed E-state index contributed by atoms with van der Waals surface area (Å²) in [5, 5.41) is 14.6. The van der Waals surface area contributed by atoms with Gasteiger partial charge < -0.3 is 15.3 Å². The van der Waals surface area contributed by atoms with Crippen molar-refractivity contribution in [1.29, 1.82) is 0 Å². The van der Waals surface area contributed by atoms with E-state index in [0.717, 1.165) is 17.8 Å². The van der Waals surface area contributed by atoms with Crippen LogP contribution in [0.1, 0.15) is 24.3 Å². The van der Waals surface area contributed by atoms with Crippen LogP contribution < -0.4 is 10.2 Å². The van der Waals surface area contributed by atoms with Gasteiger partial charge in [-0.25, -0.2) is 0 Å². The topological polar surface area (TPSA) is 35.5 Å². The number of hydrogen-bond acceptors (Lipinski definition) is 4. The molecular weight excluding hydrogens is 268 g/mol. The van der Waals surface area contributed by atoms with Crippen molar-refractivity contribution in [2.45, 2.75) is 19.4 Å². The molecule has 3 nitrogen and oxygen atoms in total. The molecule has 1 atom stereocenters. The number of nitrogens with zero attached hydrogens (tertiary/aromatic N) is 1. The molecule has 2 aromatic rings. The van der Waals surface area contributed by atoms with Crippen LogP contribution >= 0.6 is 11.3 Å². The van der Waals surface area contributed by atoms with E-state index in [1.54, 1.807) is 11.3 Å². The zero-order valence-corrected chi connectivity index (χ0v) is 12.9. The van der Waals surface area contributed by atoms with Crippen LogP contribution in [0.5, 0.6) is 0 Å². The van der Waals surface area contributed by atoms with Gasteiger partial charge in [0.1, 0.15) is 0 Å².